The molecular weight excluding hydrogens is 554 g/mol. The van der Waals surface area contributed by atoms with Crippen LogP contribution in [-0.4, -0.2) is 71.5 Å². The second-order valence-corrected chi connectivity index (χ2v) is 10.8. The Morgan fingerprint density at radius 3 is 2.14 bits per heavy atom. The van der Waals surface area contributed by atoms with E-state index in [1.54, 1.807) is 24.0 Å². The number of hydrogen-bond donors (Lipinski definition) is 3. The van der Waals surface area contributed by atoms with E-state index in [2.05, 4.69) is 5.32 Å². The molecule has 0 heterocycles. The number of halogens is 2. The van der Waals surface area contributed by atoms with Crippen molar-refractivity contribution < 1.29 is 33.3 Å². The van der Waals surface area contributed by atoms with Crippen molar-refractivity contribution in [1.29, 1.82) is 0 Å². The van der Waals surface area contributed by atoms with Crippen LogP contribution in [0, 0.1) is 18.6 Å². The van der Waals surface area contributed by atoms with Gasteiger partial charge in [0.2, 0.25) is 0 Å². The van der Waals surface area contributed by atoms with E-state index >= 15 is 0 Å². The number of nitrogens with one attached hydrogen (secondary N) is 1. The number of rotatable bonds is 16. The molecule has 0 saturated carbocycles. The third-order valence-corrected chi connectivity index (χ3v) is 7.03. The number of aliphatic hydroxyl groups is 2. The van der Waals surface area contributed by atoms with Crippen LogP contribution in [0.25, 0.3) is 0 Å². The van der Waals surface area contributed by atoms with Crippen molar-refractivity contribution in [1.82, 2.24) is 10.2 Å². The summed E-state index contributed by atoms with van der Waals surface area (Å²) in [6.07, 6.45) is -0.892. The second kappa shape index (κ2) is 16.8. The van der Waals surface area contributed by atoms with Crippen molar-refractivity contribution in [2.24, 2.45) is 0 Å². The Morgan fingerprint density at radius 1 is 0.884 bits per heavy atom. The van der Waals surface area contributed by atoms with E-state index in [1.807, 2.05) is 44.2 Å². The van der Waals surface area contributed by atoms with Crippen LogP contribution in [-0.2, 0) is 17.6 Å². The summed E-state index contributed by atoms with van der Waals surface area (Å²) in [5.74, 6) is -2.39. The molecule has 0 saturated heterocycles. The van der Waals surface area contributed by atoms with E-state index in [0.29, 0.717) is 37.2 Å². The number of benzene rings is 3. The lowest BCUT2D eigenvalue weighted by Gasteiger charge is -2.28. The Kier molecular flexibility index (Phi) is 13.3. The molecule has 43 heavy (non-hydrogen) atoms. The molecule has 0 spiro atoms. The zero-order chi connectivity index (χ0) is 31.4. The lowest BCUT2D eigenvalue weighted by atomic mass is 9.96. The van der Waals surface area contributed by atoms with Crippen LogP contribution in [0.3, 0.4) is 0 Å². The first-order chi connectivity index (χ1) is 20.6. The number of aryl methyl sites for hydroxylation is 1. The summed E-state index contributed by atoms with van der Waals surface area (Å²) >= 11 is 0. The Bertz CT molecular complexity index is 1310. The van der Waals surface area contributed by atoms with E-state index < -0.39 is 35.8 Å². The predicted octanol–water partition coefficient (Wildman–Crippen LogP) is 4.86. The van der Waals surface area contributed by atoms with Gasteiger partial charge in [-0.2, -0.15) is 0 Å². The Balaban J connectivity index is 1.78. The normalized spacial score (nSPS) is 13.3. The molecule has 0 radical (unpaired) electrons. The molecule has 7 nitrogen and oxygen atoms in total. The number of nitrogens with zero attached hydrogens (tertiary/aromatic N) is 1. The third-order valence-electron chi connectivity index (χ3n) is 7.03. The van der Waals surface area contributed by atoms with Gasteiger partial charge < -0.3 is 25.2 Å². The van der Waals surface area contributed by atoms with Crippen molar-refractivity contribution in [3.63, 3.8) is 0 Å². The second-order valence-electron chi connectivity index (χ2n) is 10.8. The van der Waals surface area contributed by atoms with Crippen molar-refractivity contribution in [3.8, 4) is 0 Å². The predicted molar refractivity (Wildman–Crippen MR) is 162 cm³/mol. The van der Waals surface area contributed by atoms with Crippen LogP contribution in [0.5, 0.6) is 0 Å². The van der Waals surface area contributed by atoms with Crippen molar-refractivity contribution in [3.05, 3.63) is 106 Å². The maximum absolute atomic E-state index is 14.0. The lowest BCUT2D eigenvalue weighted by Crippen LogP contribution is -2.51. The first-order valence-electron chi connectivity index (χ1n) is 14.8. The number of hydrogen-bond acceptors (Lipinski definition) is 5. The highest BCUT2D eigenvalue weighted by molar-refractivity contribution is 6.00. The SMILES string of the molecule is CCCN(CCC)C(=O)c1cc(C)cc(C(=O)N[C@@H](Cc2cc(F)cc(F)c2)[C@@H](O)C(O)COCCc2ccccc2)c1. The topological polar surface area (TPSA) is 99.1 Å². The molecule has 1 unspecified atom stereocenters. The molecule has 0 aliphatic carbocycles. The molecule has 3 N–H and O–H groups in total. The highest BCUT2D eigenvalue weighted by Crippen LogP contribution is 2.17. The van der Waals surface area contributed by atoms with Crippen LogP contribution in [0.4, 0.5) is 8.78 Å². The van der Waals surface area contributed by atoms with E-state index in [0.717, 1.165) is 36.6 Å². The van der Waals surface area contributed by atoms with E-state index in [9.17, 15) is 28.6 Å². The molecule has 0 aromatic heterocycles. The van der Waals surface area contributed by atoms with E-state index in [-0.39, 0.29) is 30.1 Å². The summed E-state index contributed by atoms with van der Waals surface area (Å²) in [5, 5.41) is 24.6. The smallest absolute Gasteiger partial charge is 0.253 e. The van der Waals surface area contributed by atoms with Gasteiger partial charge >= 0.3 is 0 Å². The molecule has 232 valence electrons. The lowest BCUT2D eigenvalue weighted by molar-refractivity contribution is -0.0502. The van der Waals surface area contributed by atoms with Gasteiger partial charge in [0.05, 0.1) is 19.3 Å². The quantitative estimate of drug-likeness (QED) is 0.205. The number of amides is 2. The van der Waals surface area contributed by atoms with E-state index in [4.69, 9.17) is 4.74 Å². The Labute approximate surface area is 252 Å². The molecule has 3 aromatic carbocycles. The summed E-state index contributed by atoms with van der Waals surface area (Å²) in [5.41, 5.74) is 2.49. The molecule has 0 fully saturated rings. The molecule has 2 amide bonds. The fourth-order valence-corrected chi connectivity index (χ4v) is 4.97. The summed E-state index contributed by atoms with van der Waals surface area (Å²) in [6, 6.07) is 16.3. The summed E-state index contributed by atoms with van der Waals surface area (Å²) in [7, 11) is 0. The maximum Gasteiger partial charge on any atom is 0.253 e. The Morgan fingerprint density at radius 2 is 1.51 bits per heavy atom. The average molecular weight is 597 g/mol. The molecule has 3 atom stereocenters. The molecule has 0 aliphatic rings. The maximum atomic E-state index is 14.0. The number of aliphatic hydroxyl groups excluding tert-OH is 2. The number of carbonyl (C=O) groups is 2. The minimum absolute atomic E-state index is 0.166. The van der Waals surface area contributed by atoms with Crippen LogP contribution < -0.4 is 5.32 Å². The molecule has 0 aliphatic heterocycles. The Hall–Kier alpha value is -3.66. The first kappa shape index (κ1) is 33.8. The van der Waals surface area contributed by atoms with Crippen LogP contribution in [0.15, 0.2) is 66.7 Å². The summed E-state index contributed by atoms with van der Waals surface area (Å²) in [6.45, 7) is 7.01. The van der Waals surface area contributed by atoms with Crippen LogP contribution in [0.2, 0.25) is 0 Å². The van der Waals surface area contributed by atoms with Gasteiger partial charge in [0.15, 0.2) is 0 Å². The largest absolute Gasteiger partial charge is 0.388 e. The average Bonchev–Trinajstić information content (AvgIpc) is 2.97. The third kappa shape index (κ3) is 10.5. The fourth-order valence-electron chi connectivity index (χ4n) is 4.97. The molecule has 3 rings (SSSR count). The van der Waals surface area contributed by atoms with Gasteiger partial charge in [-0.3, -0.25) is 9.59 Å². The van der Waals surface area contributed by atoms with Gasteiger partial charge in [0, 0.05) is 30.3 Å². The molecule has 9 heteroatoms. The van der Waals surface area contributed by atoms with Gasteiger partial charge in [-0.25, -0.2) is 8.78 Å². The van der Waals surface area contributed by atoms with Crippen molar-refractivity contribution >= 4 is 11.8 Å². The number of ether oxygens (including phenoxy) is 1. The minimum atomic E-state index is -1.53. The fraction of sp³-hybridized carbons (Fsp3) is 0.412. The first-order valence-corrected chi connectivity index (χ1v) is 14.8. The number of carbonyl (C=O) groups excluding carboxylic acids is 2. The monoisotopic (exact) mass is 596 g/mol. The van der Waals surface area contributed by atoms with Gasteiger partial charge in [0.1, 0.15) is 23.8 Å². The van der Waals surface area contributed by atoms with E-state index in [1.165, 1.54) is 6.07 Å². The van der Waals surface area contributed by atoms with Crippen LogP contribution in [0.1, 0.15) is 64.1 Å². The van der Waals surface area contributed by atoms with Crippen molar-refractivity contribution in [2.75, 3.05) is 26.3 Å². The zero-order valence-electron chi connectivity index (χ0n) is 25.1. The molecule has 3 aromatic rings. The molecule has 0 bridgehead atoms. The van der Waals surface area contributed by atoms with Crippen LogP contribution >= 0.6 is 0 Å². The van der Waals surface area contributed by atoms with Gasteiger partial charge in [-0.15, -0.1) is 0 Å². The zero-order valence-corrected chi connectivity index (χ0v) is 25.1. The highest BCUT2D eigenvalue weighted by Gasteiger charge is 2.29. The van der Waals surface area contributed by atoms with Gasteiger partial charge in [-0.1, -0.05) is 44.2 Å². The van der Waals surface area contributed by atoms with Crippen molar-refractivity contribution in [2.45, 2.75) is 64.7 Å². The molecular formula is C34H42F2N2O5. The van der Waals surface area contributed by atoms with Gasteiger partial charge in [-0.05, 0) is 79.6 Å². The summed E-state index contributed by atoms with van der Waals surface area (Å²) < 4.78 is 33.5. The summed E-state index contributed by atoms with van der Waals surface area (Å²) in [4.78, 5) is 28.4. The standard InChI is InChI=1S/C34H42F2N2O5/c1-4-12-38(13-5-2)34(42)27-16-23(3)15-26(20-27)33(41)37-30(19-25-17-28(35)21-29(36)18-25)32(40)31(39)22-43-14-11-24-9-7-6-8-10-24/h6-10,15-18,20-21,30-32,39-40H,4-5,11-14,19,22H2,1-3H3,(H,37,41)/t30-,31?,32+/m0/s1. The highest BCUT2D eigenvalue weighted by atomic mass is 19.1. The minimum Gasteiger partial charge on any atom is -0.388 e. The van der Waals surface area contributed by atoms with Gasteiger partial charge in [0.25, 0.3) is 11.8 Å².